The molecule has 1 aliphatic rings. The van der Waals surface area contributed by atoms with Crippen molar-refractivity contribution in [2.75, 3.05) is 11.9 Å². The molecule has 7 nitrogen and oxygen atoms in total. The highest BCUT2D eigenvalue weighted by Crippen LogP contribution is 2.30. The molecule has 0 fully saturated rings. The van der Waals surface area contributed by atoms with Gasteiger partial charge in [0.15, 0.2) is 6.61 Å². The van der Waals surface area contributed by atoms with Gasteiger partial charge in [0.25, 0.3) is 15.9 Å². The minimum atomic E-state index is -4.17. The molecule has 0 radical (unpaired) electrons. The number of ether oxygens (including phenoxy) is 1. The summed E-state index contributed by atoms with van der Waals surface area (Å²) in [5.41, 5.74) is 0.280. The third-order valence-electron chi connectivity index (χ3n) is 3.45. The summed E-state index contributed by atoms with van der Waals surface area (Å²) in [7, 11) is -4.17. The zero-order valence-corrected chi connectivity index (χ0v) is 13.6. The summed E-state index contributed by atoms with van der Waals surface area (Å²) < 4.78 is 45.2. The molecule has 0 aromatic heterocycles. The van der Waals surface area contributed by atoms with Crippen molar-refractivity contribution in [2.24, 2.45) is 0 Å². The molecule has 0 saturated carbocycles. The maximum Gasteiger partial charge on any atom is 0.264 e. The Kier molecular flexibility index (Phi) is 4.41. The predicted octanol–water partition coefficient (Wildman–Crippen LogP) is 1.20. The minimum absolute atomic E-state index is 0.0845. The Labute approximate surface area is 142 Å². The summed E-state index contributed by atoms with van der Waals surface area (Å²) in [6.07, 6.45) is -0.420. The van der Waals surface area contributed by atoms with Crippen molar-refractivity contribution < 1.29 is 27.1 Å². The van der Waals surface area contributed by atoms with Crippen LogP contribution in [-0.4, -0.2) is 26.8 Å². The highest BCUT2D eigenvalue weighted by molar-refractivity contribution is 7.90. The minimum Gasteiger partial charge on any atom is -0.482 e. The summed E-state index contributed by atoms with van der Waals surface area (Å²) in [4.78, 5) is 23.0. The van der Waals surface area contributed by atoms with E-state index in [0.29, 0.717) is 5.75 Å². The Balaban J connectivity index is 1.78. The summed E-state index contributed by atoms with van der Waals surface area (Å²) in [5, 5.41) is 2.48. The van der Waals surface area contributed by atoms with Gasteiger partial charge in [0, 0.05) is 0 Å². The molecule has 0 saturated heterocycles. The number of nitrogens with one attached hydrogen (secondary N) is 2. The lowest BCUT2D eigenvalue weighted by Gasteiger charge is -2.18. The zero-order chi connectivity index (χ0) is 18.0. The van der Waals surface area contributed by atoms with Gasteiger partial charge in [-0.15, -0.1) is 0 Å². The highest BCUT2D eigenvalue weighted by Gasteiger charge is 2.23. The van der Waals surface area contributed by atoms with Gasteiger partial charge < -0.3 is 10.1 Å². The van der Waals surface area contributed by atoms with E-state index in [2.05, 4.69) is 5.32 Å². The summed E-state index contributed by atoms with van der Waals surface area (Å²) in [5.74, 6) is -1.55. The van der Waals surface area contributed by atoms with Crippen molar-refractivity contribution in [3.8, 4) is 5.75 Å². The first-order chi connectivity index (χ1) is 11.8. The lowest BCUT2D eigenvalue weighted by atomic mass is 10.1. The van der Waals surface area contributed by atoms with Crippen LogP contribution in [0, 0.1) is 5.82 Å². The fraction of sp³-hybridized carbons (Fsp3) is 0.125. The molecule has 25 heavy (non-hydrogen) atoms. The number of benzene rings is 2. The molecule has 130 valence electrons. The van der Waals surface area contributed by atoms with Crippen molar-refractivity contribution in [2.45, 2.75) is 11.3 Å². The van der Waals surface area contributed by atoms with Crippen LogP contribution in [0.2, 0.25) is 0 Å². The Bertz CT molecular complexity index is 959. The van der Waals surface area contributed by atoms with E-state index >= 15 is 0 Å². The predicted molar refractivity (Wildman–Crippen MR) is 86.0 cm³/mol. The van der Waals surface area contributed by atoms with Crippen LogP contribution in [0.5, 0.6) is 5.75 Å². The van der Waals surface area contributed by atoms with Gasteiger partial charge in [-0.25, -0.2) is 17.5 Å². The smallest absolute Gasteiger partial charge is 0.264 e. The van der Waals surface area contributed by atoms with Gasteiger partial charge in [0.05, 0.1) is 17.0 Å². The van der Waals surface area contributed by atoms with Gasteiger partial charge in [0.1, 0.15) is 11.6 Å². The van der Waals surface area contributed by atoms with Crippen LogP contribution < -0.4 is 14.8 Å². The number of halogens is 1. The summed E-state index contributed by atoms with van der Waals surface area (Å²) in [6, 6.07) is 9.41. The molecular formula is C16H13FN2O5S. The van der Waals surface area contributed by atoms with Crippen LogP contribution in [0.1, 0.15) is 5.56 Å². The second kappa shape index (κ2) is 6.52. The number of carbonyl (C=O) groups excluding carboxylic acids is 2. The van der Waals surface area contributed by atoms with Gasteiger partial charge >= 0.3 is 0 Å². The fourth-order valence-corrected chi connectivity index (χ4v) is 3.30. The normalized spacial score (nSPS) is 13.4. The Morgan fingerprint density at radius 1 is 1.24 bits per heavy atom. The molecule has 2 N–H and O–H groups in total. The van der Waals surface area contributed by atoms with E-state index < -0.39 is 34.1 Å². The van der Waals surface area contributed by atoms with E-state index in [0.717, 1.165) is 0 Å². The molecule has 9 heteroatoms. The Morgan fingerprint density at radius 3 is 2.76 bits per heavy atom. The molecule has 0 atom stereocenters. The maximum atomic E-state index is 13.5. The molecule has 2 aromatic carbocycles. The van der Waals surface area contributed by atoms with Gasteiger partial charge in [0.2, 0.25) is 5.91 Å². The van der Waals surface area contributed by atoms with Crippen molar-refractivity contribution in [3.05, 3.63) is 53.8 Å². The van der Waals surface area contributed by atoms with Crippen molar-refractivity contribution >= 4 is 27.5 Å². The number of sulfonamides is 1. The second-order valence-electron chi connectivity index (χ2n) is 5.29. The zero-order valence-electron chi connectivity index (χ0n) is 12.8. The maximum absolute atomic E-state index is 13.5. The number of hydrogen-bond acceptors (Lipinski definition) is 5. The molecule has 1 heterocycles. The van der Waals surface area contributed by atoms with Gasteiger partial charge in [-0.3, -0.25) is 9.59 Å². The quantitative estimate of drug-likeness (QED) is 0.849. The highest BCUT2D eigenvalue weighted by atomic mass is 32.2. The standard InChI is InChI=1S/C16H13FN2O5S/c17-12-4-2-1-3-10(12)7-15(20)19-25(22,23)11-5-6-14-13(8-11)18-16(21)9-24-14/h1-6,8H,7,9H2,(H,18,21)(H,19,20). The average Bonchev–Trinajstić information content (AvgIpc) is 2.55. The van der Waals surface area contributed by atoms with Crippen molar-refractivity contribution in [1.82, 2.24) is 4.72 Å². The van der Waals surface area contributed by atoms with Gasteiger partial charge in [-0.05, 0) is 29.8 Å². The molecule has 0 unspecified atom stereocenters. The van der Waals surface area contributed by atoms with Gasteiger partial charge in [-0.2, -0.15) is 0 Å². The van der Waals surface area contributed by atoms with Crippen molar-refractivity contribution in [3.63, 3.8) is 0 Å². The number of carbonyl (C=O) groups is 2. The number of fused-ring (bicyclic) bond motifs is 1. The Hall–Kier alpha value is -2.94. The number of amides is 2. The van der Waals surface area contributed by atoms with Crippen molar-refractivity contribution in [1.29, 1.82) is 0 Å². The van der Waals surface area contributed by atoms with E-state index in [1.807, 2.05) is 4.72 Å². The molecule has 0 spiro atoms. The number of anilines is 1. The molecule has 0 aliphatic carbocycles. The fourth-order valence-electron chi connectivity index (χ4n) is 2.29. The monoisotopic (exact) mass is 364 g/mol. The molecule has 1 aliphatic heterocycles. The van der Waals surface area contributed by atoms with Crippen LogP contribution in [-0.2, 0) is 26.0 Å². The lowest BCUT2D eigenvalue weighted by molar-refractivity contribution is -0.119. The lowest BCUT2D eigenvalue weighted by Crippen LogP contribution is -2.32. The first-order valence-corrected chi connectivity index (χ1v) is 8.69. The van der Waals surface area contributed by atoms with E-state index in [4.69, 9.17) is 4.74 Å². The van der Waals surface area contributed by atoms with Gasteiger partial charge in [-0.1, -0.05) is 18.2 Å². The van der Waals surface area contributed by atoms with Crippen LogP contribution in [0.4, 0.5) is 10.1 Å². The molecule has 0 bridgehead atoms. The van der Waals surface area contributed by atoms with E-state index in [-0.39, 0.29) is 22.8 Å². The third kappa shape index (κ3) is 3.77. The van der Waals surface area contributed by atoms with E-state index in [1.165, 1.54) is 36.4 Å². The van der Waals surface area contributed by atoms with Crippen LogP contribution in [0.3, 0.4) is 0 Å². The molecule has 3 rings (SSSR count). The van der Waals surface area contributed by atoms with E-state index in [9.17, 15) is 22.4 Å². The molecule has 2 aromatic rings. The average molecular weight is 364 g/mol. The largest absolute Gasteiger partial charge is 0.482 e. The summed E-state index contributed by atoms with van der Waals surface area (Å²) in [6.45, 7) is -0.154. The number of hydrogen-bond donors (Lipinski definition) is 2. The van der Waals surface area contributed by atoms with Crippen LogP contribution >= 0.6 is 0 Å². The van der Waals surface area contributed by atoms with Crippen LogP contribution in [0.15, 0.2) is 47.4 Å². The van der Waals surface area contributed by atoms with E-state index in [1.54, 1.807) is 6.07 Å². The van der Waals surface area contributed by atoms with Crippen LogP contribution in [0.25, 0.3) is 0 Å². The summed E-state index contributed by atoms with van der Waals surface area (Å²) >= 11 is 0. The topological polar surface area (TPSA) is 102 Å². The first-order valence-electron chi connectivity index (χ1n) is 7.21. The second-order valence-corrected chi connectivity index (χ2v) is 6.97. The Morgan fingerprint density at radius 2 is 2.00 bits per heavy atom. The molecular weight excluding hydrogens is 351 g/mol. The molecule has 2 amide bonds. The first kappa shape index (κ1) is 16.9. The SMILES string of the molecule is O=C1COc2ccc(S(=O)(=O)NC(=O)Cc3ccccc3F)cc2N1. The third-order valence-corrected chi connectivity index (χ3v) is 4.82. The number of rotatable bonds is 4.